The van der Waals surface area contributed by atoms with Crippen LogP contribution in [0.4, 0.5) is 11.6 Å². The molecule has 45 heavy (non-hydrogen) atoms. The van der Waals surface area contributed by atoms with Crippen molar-refractivity contribution in [1.82, 2.24) is 39.0 Å². The number of phosphoric acid groups is 1. The number of nitrogen functional groups attached to an aromatic ring is 2. The summed E-state index contributed by atoms with van der Waals surface area (Å²) < 4.78 is 54.7. The van der Waals surface area contributed by atoms with Crippen LogP contribution < -0.4 is 11.5 Å². The van der Waals surface area contributed by atoms with Crippen molar-refractivity contribution in [3.8, 4) is 0 Å². The molecule has 24 heteroatoms. The van der Waals surface area contributed by atoms with Gasteiger partial charge in [-0.25, -0.2) is 34.5 Å². The van der Waals surface area contributed by atoms with E-state index in [9.17, 15) is 34.2 Å². The number of ether oxygens (including phenoxy) is 3. The summed E-state index contributed by atoms with van der Waals surface area (Å²) in [6.45, 7) is -1.41. The molecule has 0 aliphatic carbocycles. The van der Waals surface area contributed by atoms with Crippen LogP contribution in [0, 0.1) is 0 Å². The number of nitrogens with two attached hydrogens (primary N) is 2. The Labute approximate surface area is 252 Å². The minimum atomic E-state index is -5.08. The van der Waals surface area contributed by atoms with Gasteiger partial charge in [0.2, 0.25) is 8.03 Å². The number of hydrogen-bond donors (Lipinski definition) is 7. The van der Waals surface area contributed by atoms with E-state index < -0.39 is 84.5 Å². The lowest BCUT2D eigenvalue weighted by Gasteiger charge is -2.25. The molecule has 0 radical (unpaired) electrons. The molecule has 9 N–H and O–H groups in total. The number of aliphatic hydroxyl groups is 3. The van der Waals surface area contributed by atoms with E-state index >= 15 is 0 Å². The maximum Gasteiger partial charge on any atom is 0.472 e. The first-order valence-corrected chi connectivity index (χ1v) is 16.2. The molecule has 0 aromatic carbocycles. The molecule has 244 valence electrons. The number of anilines is 2. The van der Waals surface area contributed by atoms with Crippen LogP contribution in [0.5, 0.6) is 0 Å². The molecule has 4 aromatic rings. The molecule has 0 amide bonds. The molecule has 6 heterocycles. The molecule has 2 aliphatic rings. The molecule has 2 saturated heterocycles. The Bertz CT molecular complexity index is 1760. The topological polar surface area (TPSA) is 321 Å². The van der Waals surface area contributed by atoms with E-state index in [1.165, 1.54) is 28.1 Å². The van der Waals surface area contributed by atoms with Gasteiger partial charge in [0.25, 0.3) is 0 Å². The van der Waals surface area contributed by atoms with E-state index in [2.05, 4.69) is 29.9 Å². The van der Waals surface area contributed by atoms with Crippen molar-refractivity contribution in [3.63, 3.8) is 0 Å². The van der Waals surface area contributed by atoms with Crippen molar-refractivity contribution < 1.29 is 57.5 Å². The molecule has 0 saturated carbocycles. The van der Waals surface area contributed by atoms with E-state index in [-0.39, 0.29) is 34.0 Å². The molecular weight excluding hydrogens is 646 g/mol. The summed E-state index contributed by atoms with van der Waals surface area (Å²) in [5, 5.41) is 31.6. The molecule has 2 fully saturated rings. The fourth-order valence-corrected chi connectivity index (χ4v) is 6.40. The number of aliphatic hydroxyl groups excluding tert-OH is 3. The Hall–Kier alpha value is -3.24. The summed E-state index contributed by atoms with van der Waals surface area (Å²) in [6.07, 6.45) is -6.94. The van der Waals surface area contributed by atoms with Gasteiger partial charge in [0.05, 0.1) is 25.9 Å². The Morgan fingerprint density at radius 1 is 0.889 bits per heavy atom. The number of nitrogens with zero attached hydrogens (tertiary/aromatic N) is 8. The summed E-state index contributed by atoms with van der Waals surface area (Å²) in [7, 11) is -8.23. The average molecular weight is 674 g/mol. The van der Waals surface area contributed by atoms with Gasteiger partial charge in [0, 0.05) is 0 Å². The summed E-state index contributed by atoms with van der Waals surface area (Å²) in [5.74, 6) is 0.111. The lowest BCUT2D eigenvalue weighted by atomic mass is 10.1. The summed E-state index contributed by atoms with van der Waals surface area (Å²) in [6, 6.07) is 0. The summed E-state index contributed by atoms with van der Waals surface area (Å²) >= 11 is 0. The largest absolute Gasteiger partial charge is 0.472 e. The van der Waals surface area contributed by atoms with Gasteiger partial charge in [-0.1, -0.05) is 0 Å². The van der Waals surface area contributed by atoms with E-state index in [1.807, 2.05) is 0 Å². The SMILES string of the molecule is Nc1ncnc2c1ncn2[C@@H]1O[C@H](CO)C(O)C1OP(=O)(O)OC[C@H]1O[C@@H](n2cnc3c(N)ncnc32)[C@@H](O)C1OC[PH](=O)O. The molecular formula is C21H28N10O12P2. The third-order valence-corrected chi connectivity index (χ3v) is 8.58. The number of aromatic nitrogens is 8. The van der Waals surface area contributed by atoms with Gasteiger partial charge in [-0.05, 0) is 0 Å². The van der Waals surface area contributed by atoms with Crippen molar-refractivity contribution in [1.29, 1.82) is 0 Å². The average Bonchev–Trinajstić information content (AvgIpc) is 3.76. The van der Waals surface area contributed by atoms with Crippen LogP contribution in [0.2, 0.25) is 0 Å². The van der Waals surface area contributed by atoms with Gasteiger partial charge in [-0.2, -0.15) is 0 Å². The Morgan fingerprint density at radius 3 is 2.04 bits per heavy atom. The van der Waals surface area contributed by atoms with Crippen molar-refractivity contribution >= 4 is 49.8 Å². The van der Waals surface area contributed by atoms with Gasteiger partial charge in [-0.3, -0.25) is 22.7 Å². The lowest BCUT2D eigenvalue weighted by Crippen LogP contribution is -2.37. The van der Waals surface area contributed by atoms with Crippen molar-refractivity contribution in [2.75, 3.05) is 31.0 Å². The predicted molar refractivity (Wildman–Crippen MR) is 148 cm³/mol. The quantitative estimate of drug-likeness (QED) is 0.0819. The molecule has 6 rings (SSSR count). The van der Waals surface area contributed by atoms with Crippen LogP contribution in [0.3, 0.4) is 0 Å². The number of hydrogen-bond acceptors (Lipinski definition) is 18. The first-order valence-electron chi connectivity index (χ1n) is 13.1. The third-order valence-electron chi connectivity index (χ3n) is 7.18. The van der Waals surface area contributed by atoms with Gasteiger partial charge in [0.15, 0.2) is 35.4 Å². The van der Waals surface area contributed by atoms with E-state index in [1.54, 1.807) is 0 Å². The molecule has 4 aromatic heterocycles. The van der Waals surface area contributed by atoms with Crippen LogP contribution in [-0.4, -0.2) is 120 Å². The molecule has 0 bridgehead atoms. The van der Waals surface area contributed by atoms with Crippen molar-refractivity contribution in [2.24, 2.45) is 0 Å². The highest BCUT2D eigenvalue weighted by Gasteiger charge is 2.51. The number of imidazole rings is 2. The fraction of sp³-hybridized carbons (Fsp3) is 0.524. The lowest BCUT2D eigenvalue weighted by molar-refractivity contribution is -0.0649. The van der Waals surface area contributed by atoms with Crippen molar-refractivity contribution in [3.05, 3.63) is 25.3 Å². The first kappa shape index (κ1) is 31.7. The van der Waals surface area contributed by atoms with Gasteiger partial charge in [-0.15, -0.1) is 0 Å². The van der Waals surface area contributed by atoms with Crippen LogP contribution in [0.15, 0.2) is 25.3 Å². The highest BCUT2D eigenvalue weighted by molar-refractivity contribution is 7.47. The van der Waals surface area contributed by atoms with Gasteiger partial charge < -0.3 is 50.8 Å². The van der Waals surface area contributed by atoms with Gasteiger partial charge in [0.1, 0.15) is 66.7 Å². The maximum absolute atomic E-state index is 13.2. The molecule has 22 nitrogen and oxygen atoms in total. The Morgan fingerprint density at radius 2 is 1.47 bits per heavy atom. The molecule has 5 unspecified atom stereocenters. The van der Waals surface area contributed by atoms with Crippen LogP contribution in [0.25, 0.3) is 22.3 Å². The number of rotatable bonds is 11. The second kappa shape index (κ2) is 12.5. The van der Waals surface area contributed by atoms with E-state index in [0.717, 1.165) is 6.33 Å². The normalized spacial score (nSPS) is 30.7. The number of fused-ring (bicyclic) bond motifs is 2. The van der Waals surface area contributed by atoms with Gasteiger partial charge >= 0.3 is 7.82 Å². The molecule has 0 spiro atoms. The second-order valence-electron chi connectivity index (χ2n) is 9.96. The zero-order valence-corrected chi connectivity index (χ0v) is 24.7. The third kappa shape index (κ3) is 6.03. The highest BCUT2D eigenvalue weighted by Crippen LogP contribution is 2.50. The molecule has 2 aliphatic heterocycles. The minimum Gasteiger partial charge on any atom is -0.394 e. The number of phosphoric ester groups is 1. The predicted octanol–water partition coefficient (Wildman–Crippen LogP) is -2.35. The summed E-state index contributed by atoms with van der Waals surface area (Å²) in [5.41, 5.74) is 12.4. The van der Waals surface area contributed by atoms with Crippen LogP contribution in [0.1, 0.15) is 12.5 Å². The Balaban J connectivity index is 1.21. The zero-order valence-electron chi connectivity index (χ0n) is 22.8. The first-order chi connectivity index (χ1) is 21.5. The maximum atomic E-state index is 13.2. The monoisotopic (exact) mass is 674 g/mol. The minimum absolute atomic E-state index is 0.0459. The second-order valence-corrected chi connectivity index (χ2v) is 12.4. The Kier molecular flexibility index (Phi) is 8.82. The summed E-state index contributed by atoms with van der Waals surface area (Å²) in [4.78, 5) is 44.1. The van der Waals surface area contributed by atoms with Crippen LogP contribution >= 0.6 is 15.9 Å². The smallest absolute Gasteiger partial charge is 0.394 e. The van der Waals surface area contributed by atoms with Crippen LogP contribution in [-0.2, 0) is 32.4 Å². The van der Waals surface area contributed by atoms with Crippen molar-refractivity contribution in [2.45, 2.75) is 49.1 Å². The van der Waals surface area contributed by atoms with E-state index in [4.69, 9.17) is 34.7 Å². The highest BCUT2D eigenvalue weighted by atomic mass is 31.2. The fourth-order valence-electron chi connectivity index (χ4n) is 5.13. The molecule has 10 atom stereocenters. The standard InChI is InChI=1S/C21H28N10O12P2/c22-16-10-18(26-3-24-16)30(5-28-10)20-13(34)14(39-7-44(35)36)9(42-20)2-40-45(37,38)43-15-12(33)8(1-32)41-21(15)31-6-29-11-17(23)25-4-27-19(11)31/h3-6,8-9,12-15,20-21,32-34,44H,1-2,7H2,(H,35,36)(H,37,38)(H2,22,24,26)(H2,23,25,27)/t8-,9-,12?,13+,14?,15?,20-,21-/m1/s1. The zero-order chi connectivity index (χ0) is 32.0. The van der Waals surface area contributed by atoms with E-state index in [0.29, 0.717) is 0 Å².